The second-order valence-corrected chi connectivity index (χ2v) is 4.71. The van der Waals surface area contributed by atoms with Gasteiger partial charge in [0.15, 0.2) is 5.75 Å². The van der Waals surface area contributed by atoms with Crippen LogP contribution in [0.15, 0.2) is 12.3 Å². The molecule has 0 amide bonds. The number of halogens is 1. The number of hydrogen-bond acceptors (Lipinski definition) is 4. The molecule has 0 saturated carbocycles. The van der Waals surface area contributed by atoms with E-state index >= 15 is 0 Å². The molecule has 0 fully saturated rings. The van der Waals surface area contributed by atoms with E-state index in [2.05, 4.69) is 24.0 Å². The molecule has 2 rings (SSSR count). The predicted octanol–water partition coefficient (Wildman–Crippen LogP) is 2.53. The fraction of sp³-hybridized carbons (Fsp3) is 0.500. The number of nitrogens with zero attached hydrogens (tertiary/aromatic N) is 3. The Kier molecular flexibility index (Phi) is 4.04. The van der Waals surface area contributed by atoms with Crippen molar-refractivity contribution in [2.75, 3.05) is 20.3 Å². The van der Waals surface area contributed by atoms with Crippen molar-refractivity contribution in [1.82, 2.24) is 14.6 Å². The lowest BCUT2D eigenvalue weighted by molar-refractivity contribution is 0.147. The molecule has 2 aromatic heterocycles. The molecule has 0 N–H and O–H groups in total. The van der Waals surface area contributed by atoms with Gasteiger partial charge in [-0.15, -0.1) is 10.2 Å². The fourth-order valence-electron chi connectivity index (χ4n) is 1.68. The van der Waals surface area contributed by atoms with Gasteiger partial charge in [-0.2, -0.15) is 0 Å². The summed E-state index contributed by atoms with van der Waals surface area (Å²) in [7, 11) is 1.63. The highest BCUT2D eigenvalue weighted by molar-refractivity contribution is 6.30. The highest BCUT2D eigenvalue weighted by Crippen LogP contribution is 2.25. The number of aromatic nitrogens is 3. The Morgan fingerprint density at radius 2 is 2.11 bits per heavy atom. The van der Waals surface area contributed by atoms with Crippen LogP contribution < -0.4 is 4.74 Å². The number of ether oxygens (including phenoxy) is 2. The monoisotopic (exact) mass is 269 g/mol. The maximum Gasteiger partial charge on any atom is 0.203 e. The van der Waals surface area contributed by atoms with Crippen LogP contribution in [0.1, 0.15) is 25.6 Å². The number of methoxy groups -OCH3 is 1. The molecule has 0 saturated heterocycles. The summed E-state index contributed by atoms with van der Waals surface area (Å²) in [4.78, 5) is 0. The minimum absolute atomic E-state index is 0.269. The van der Waals surface area contributed by atoms with Crippen molar-refractivity contribution in [1.29, 1.82) is 0 Å². The molecule has 0 spiro atoms. The van der Waals surface area contributed by atoms with Crippen LogP contribution in [0, 0.1) is 0 Å². The van der Waals surface area contributed by atoms with Gasteiger partial charge in [0.1, 0.15) is 12.4 Å². The molecule has 0 radical (unpaired) electrons. The molecular formula is C12H16ClN3O2. The number of fused-ring (bicyclic) bond motifs is 1. The molecule has 0 unspecified atom stereocenters. The zero-order valence-electron chi connectivity index (χ0n) is 10.7. The Labute approximate surface area is 111 Å². The molecule has 6 heteroatoms. The van der Waals surface area contributed by atoms with Crippen molar-refractivity contribution in [2.24, 2.45) is 0 Å². The molecule has 0 aromatic carbocycles. The van der Waals surface area contributed by atoms with Crippen molar-refractivity contribution >= 4 is 17.2 Å². The summed E-state index contributed by atoms with van der Waals surface area (Å²) in [5.74, 6) is 1.76. The summed E-state index contributed by atoms with van der Waals surface area (Å²) >= 11 is 6.08. The van der Waals surface area contributed by atoms with Crippen LogP contribution in [-0.4, -0.2) is 34.9 Å². The van der Waals surface area contributed by atoms with Crippen LogP contribution >= 0.6 is 11.6 Å². The summed E-state index contributed by atoms with van der Waals surface area (Å²) in [6, 6.07) is 1.74. The SMILES string of the molecule is COCCOc1cc(Cl)cn2c(C(C)C)nnc12. The predicted molar refractivity (Wildman–Crippen MR) is 69.5 cm³/mol. The first-order valence-corrected chi connectivity index (χ1v) is 6.17. The first kappa shape index (κ1) is 13.1. The third-order valence-electron chi connectivity index (χ3n) is 2.53. The Morgan fingerprint density at radius 1 is 1.33 bits per heavy atom. The second kappa shape index (κ2) is 5.54. The van der Waals surface area contributed by atoms with E-state index in [-0.39, 0.29) is 5.92 Å². The van der Waals surface area contributed by atoms with Crippen molar-refractivity contribution in [3.05, 3.63) is 23.1 Å². The van der Waals surface area contributed by atoms with E-state index in [9.17, 15) is 0 Å². The average molecular weight is 270 g/mol. The van der Waals surface area contributed by atoms with Crippen molar-refractivity contribution in [3.8, 4) is 5.75 Å². The highest BCUT2D eigenvalue weighted by atomic mass is 35.5. The van der Waals surface area contributed by atoms with Gasteiger partial charge >= 0.3 is 0 Å². The zero-order valence-corrected chi connectivity index (χ0v) is 11.4. The van der Waals surface area contributed by atoms with E-state index < -0.39 is 0 Å². The number of pyridine rings is 1. The van der Waals surface area contributed by atoms with Gasteiger partial charge < -0.3 is 9.47 Å². The molecule has 0 aliphatic heterocycles. The summed E-state index contributed by atoms with van der Waals surface area (Å²) in [6.45, 7) is 5.09. The molecule has 0 atom stereocenters. The Hall–Kier alpha value is -1.33. The van der Waals surface area contributed by atoms with Crippen LogP contribution in [0.3, 0.4) is 0 Å². The molecule has 0 bridgehead atoms. The van der Waals surface area contributed by atoms with Crippen molar-refractivity contribution < 1.29 is 9.47 Å². The fourth-order valence-corrected chi connectivity index (χ4v) is 1.88. The van der Waals surface area contributed by atoms with Gasteiger partial charge in [0.2, 0.25) is 5.65 Å². The van der Waals surface area contributed by atoms with Gasteiger partial charge in [0.25, 0.3) is 0 Å². The molecule has 5 nitrogen and oxygen atoms in total. The van der Waals surface area contributed by atoms with E-state index in [4.69, 9.17) is 21.1 Å². The van der Waals surface area contributed by atoms with E-state index in [1.54, 1.807) is 19.4 Å². The van der Waals surface area contributed by atoms with Gasteiger partial charge in [0.05, 0.1) is 11.6 Å². The Morgan fingerprint density at radius 3 is 2.78 bits per heavy atom. The molecule has 0 aliphatic rings. The minimum Gasteiger partial charge on any atom is -0.487 e. The minimum atomic E-state index is 0.269. The molecule has 18 heavy (non-hydrogen) atoms. The van der Waals surface area contributed by atoms with Gasteiger partial charge in [-0.25, -0.2) is 0 Å². The lowest BCUT2D eigenvalue weighted by Gasteiger charge is -2.08. The number of rotatable bonds is 5. The molecule has 2 heterocycles. The lowest BCUT2D eigenvalue weighted by Crippen LogP contribution is -2.06. The number of hydrogen-bond donors (Lipinski definition) is 0. The third kappa shape index (κ3) is 2.57. The molecule has 0 aliphatic carbocycles. The van der Waals surface area contributed by atoms with E-state index in [1.165, 1.54) is 0 Å². The largest absolute Gasteiger partial charge is 0.487 e. The summed E-state index contributed by atoms with van der Waals surface area (Å²) in [5.41, 5.74) is 0.680. The van der Waals surface area contributed by atoms with Crippen LogP contribution in [0.25, 0.3) is 5.65 Å². The van der Waals surface area contributed by atoms with Crippen LogP contribution in [0.2, 0.25) is 5.02 Å². The maximum absolute atomic E-state index is 6.08. The highest BCUT2D eigenvalue weighted by Gasteiger charge is 2.14. The molecular weight excluding hydrogens is 254 g/mol. The van der Waals surface area contributed by atoms with E-state index in [1.807, 2.05) is 4.40 Å². The molecule has 98 valence electrons. The molecule has 2 aromatic rings. The second-order valence-electron chi connectivity index (χ2n) is 4.27. The normalized spacial score (nSPS) is 11.4. The van der Waals surface area contributed by atoms with E-state index in [0.717, 1.165) is 5.82 Å². The topological polar surface area (TPSA) is 48.7 Å². The summed E-state index contributed by atoms with van der Waals surface area (Å²) in [5, 5.41) is 8.91. The summed E-state index contributed by atoms with van der Waals surface area (Å²) < 4.78 is 12.4. The lowest BCUT2D eigenvalue weighted by atomic mass is 10.2. The Bertz CT molecular complexity index is 539. The van der Waals surface area contributed by atoms with E-state index in [0.29, 0.717) is 29.6 Å². The van der Waals surface area contributed by atoms with Crippen LogP contribution in [0.4, 0.5) is 0 Å². The Balaban J connectivity index is 2.40. The first-order valence-electron chi connectivity index (χ1n) is 5.79. The zero-order chi connectivity index (χ0) is 13.1. The average Bonchev–Trinajstić information content (AvgIpc) is 2.72. The van der Waals surface area contributed by atoms with Gasteiger partial charge in [0, 0.05) is 25.3 Å². The van der Waals surface area contributed by atoms with Gasteiger partial charge in [-0.3, -0.25) is 4.40 Å². The third-order valence-corrected chi connectivity index (χ3v) is 2.73. The van der Waals surface area contributed by atoms with Crippen LogP contribution in [-0.2, 0) is 4.74 Å². The van der Waals surface area contributed by atoms with Gasteiger partial charge in [-0.1, -0.05) is 25.4 Å². The smallest absolute Gasteiger partial charge is 0.203 e. The van der Waals surface area contributed by atoms with Crippen molar-refractivity contribution in [3.63, 3.8) is 0 Å². The maximum atomic E-state index is 6.08. The van der Waals surface area contributed by atoms with Crippen LogP contribution in [0.5, 0.6) is 5.75 Å². The quantitative estimate of drug-likeness (QED) is 0.783. The summed E-state index contributed by atoms with van der Waals surface area (Å²) in [6.07, 6.45) is 1.80. The standard InChI is InChI=1S/C12H16ClN3O2/c1-8(2)11-14-15-12-10(18-5-4-17-3)6-9(13)7-16(11)12/h6-8H,4-5H2,1-3H3. The van der Waals surface area contributed by atoms with Gasteiger partial charge in [-0.05, 0) is 0 Å². The van der Waals surface area contributed by atoms with Crippen molar-refractivity contribution in [2.45, 2.75) is 19.8 Å². The first-order chi connectivity index (χ1) is 8.63.